The second kappa shape index (κ2) is 10.0. The average Bonchev–Trinajstić information content (AvgIpc) is 3.10. The van der Waals surface area contributed by atoms with Crippen molar-refractivity contribution in [2.45, 2.75) is 38.1 Å². The number of nitrogens with one attached hydrogen (secondary N) is 2. The van der Waals surface area contributed by atoms with Gasteiger partial charge in [0.05, 0.1) is 6.42 Å². The van der Waals surface area contributed by atoms with E-state index in [0.717, 1.165) is 22.3 Å². The van der Waals surface area contributed by atoms with Gasteiger partial charge in [0.25, 0.3) is 0 Å². The van der Waals surface area contributed by atoms with Crippen molar-refractivity contribution in [3.05, 3.63) is 89.5 Å². The molecule has 35 heavy (non-hydrogen) atoms. The molecular formula is C28H28N2O5. The van der Waals surface area contributed by atoms with E-state index in [-0.39, 0.29) is 31.3 Å². The summed E-state index contributed by atoms with van der Waals surface area (Å²) >= 11 is 0. The van der Waals surface area contributed by atoms with Crippen molar-refractivity contribution >= 4 is 23.7 Å². The van der Waals surface area contributed by atoms with E-state index in [0.29, 0.717) is 11.3 Å². The molecule has 0 saturated heterocycles. The Hall–Kier alpha value is -4.13. The smallest absolute Gasteiger partial charge is 0.407 e. The van der Waals surface area contributed by atoms with Crippen molar-refractivity contribution in [1.82, 2.24) is 5.32 Å². The molecule has 4 rings (SSSR count). The number of fused-ring (bicyclic) bond motifs is 3. The number of anilines is 1. The number of ether oxygens (including phenoxy) is 1. The van der Waals surface area contributed by atoms with Gasteiger partial charge >= 0.3 is 12.1 Å². The molecule has 0 aromatic heterocycles. The van der Waals surface area contributed by atoms with Crippen LogP contribution >= 0.6 is 0 Å². The largest absolute Gasteiger partial charge is 0.481 e. The summed E-state index contributed by atoms with van der Waals surface area (Å²) in [5, 5.41) is 14.5. The number of amides is 2. The number of carboxylic acid groups (broad SMARTS) is 1. The van der Waals surface area contributed by atoms with Crippen LogP contribution in [0.2, 0.25) is 0 Å². The molecule has 7 heteroatoms. The molecule has 0 atom stereocenters. The summed E-state index contributed by atoms with van der Waals surface area (Å²) < 4.78 is 5.59. The number of hydrogen-bond donors (Lipinski definition) is 3. The van der Waals surface area contributed by atoms with Gasteiger partial charge in [-0.2, -0.15) is 0 Å². The van der Waals surface area contributed by atoms with Crippen LogP contribution in [0.25, 0.3) is 11.1 Å². The number of carbonyl (C=O) groups excluding carboxylic acids is 2. The van der Waals surface area contributed by atoms with Crippen LogP contribution in [0.4, 0.5) is 10.5 Å². The maximum absolute atomic E-state index is 12.6. The fourth-order valence-corrected chi connectivity index (χ4v) is 4.50. The first-order chi connectivity index (χ1) is 16.7. The zero-order chi connectivity index (χ0) is 25.0. The van der Waals surface area contributed by atoms with Gasteiger partial charge in [-0.05, 0) is 53.8 Å². The van der Waals surface area contributed by atoms with Gasteiger partial charge in [-0.1, -0.05) is 60.7 Å². The molecule has 1 aliphatic carbocycles. The van der Waals surface area contributed by atoms with Crippen molar-refractivity contribution in [3.8, 4) is 11.1 Å². The first-order valence-corrected chi connectivity index (χ1v) is 11.5. The van der Waals surface area contributed by atoms with Crippen LogP contribution in [0.3, 0.4) is 0 Å². The highest BCUT2D eigenvalue weighted by molar-refractivity contribution is 5.92. The minimum absolute atomic E-state index is 0.0142. The van der Waals surface area contributed by atoms with Crippen LogP contribution in [-0.4, -0.2) is 35.2 Å². The number of aliphatic carboxylic acids is 1. The minimum Gasteiger partial charge on any atom is -0.481 e. The van der Waals surface area contributed by atoms with Gasteiger partial charge in [-0.15, -0.1) is 0 Å². The average molecular weight is 473 g/mol. The van der Waals surface area contributed by atoms with Crippen LogP contribution in [0.15, 0.2) is 72.8 Å². The Bertz CT molecular complexity index is 1220. The van der Waals surface area contributed by atoms with E-state index in [2.05, 4.69) is 34.9 Å². The number of rotatable bonds is 8. The lowest BCUT2D eigenvalue weighted by atomic mass is 9.98. The highest BCUT2D eigenvalue weighted by atomic mass is 16.5. The zero-order valence-electron chi connectivity index (χ0n) is 19.7. The minimum atomic E-state index is -0.943. The lowest BCUT2D eigenvalue weighted by Gasteiger charge is -2.26. The van der Waals surface area contributed by atoms with E-state index in [4.69, 9.17) is 9.84 Å². The van der Waals surface area contributed by atoms with Gasteiger partial charge in [0.15, 0.2) is 0 Å². The van der Waals surface area contributed by atoms with Crippen molar-refractivity contribution in [3.63, 3.8) is 0 Å². The first-order valence-electron chi connectivity index (χ1n) is 11.5. The molecule has 0 bridgehead atoms. The van der Waals surface area contributed by atoms with E-state index in [1.165, 1.54) is 0 Å². The number of hydrogen-bond acceptors (Lipinski definition) is 4. The van der Waals surface area contributed by atoms with E-state index >= 15 is 0 Å². The van der Waals surface area contributed by atoms with Gasteiger partial charge < -0.3 is 20.5 Å². The highest BCUT2D eigenvalue weighted by Gasteiger charge is 2.30. The third kappa shape index (κ3) is 5.87. The predicted molar refractivity (Wildman–Crippen MR) is 133 cm³/mol. The fraction of sp³-hybridized carbons (Fsp3) is 0.250. The Kier molecular flexibility index (Phi) is 6.87. The molecular weight excluding hydrogens is 444 g/mol. The first kappa shape index (κ1) is 24.0. The molecule has 0 heterocycles. The van der Waals surface area contributed by atoms with Crippen LogP contribution in [0, 0.1) is 0 Å². The SMILES string of the molecule is CC(C)(CC(=O)Nc1cccc(CC(=O)O)c1)NC(=O)OCC1c2ccccc2-c2ccccc21. The maximum Gasteiger partial charge on any atom is 0.407 e. The Morgan fingerprint density at radius 1 is 0.914 bits per heavy atom. The Morgan fingerprint density at radius 2 is 1.54 bits per heavy atom. The lowest BCUT2D eigenvalue weighted by Crippen LogP contribution is -2.46. The molecule has 1 aliphatic rings. The van der Waals surface area contributed by atoms with Gasteiger partial charge in [-0.25, -0.2) is 4.79 Å². The third-order valence-electron chi connectivity index (χ3n) is 5.95. The van der Waals surface area contributed by atoms with E-state index in [1.807, 2.05) is 24.3 Å². The second-order valence-corrected chi connectivity index (χ2v) is 9.33. The zero-order valence-corrected chi connectivity index (χ0v) is 19.7. The monoisotopic (exact) mass is 472 g/mol. The van der Waals surface area contributed by atoms with E-state index in [9.17, 15) is 14.4 Å². The fourth-order valence-electron chi connectivity index (χ4n) is 4.50. The van der Waals surface area contributed by atoms with Crippen LogP contribution in [-0.2, 0) is 20.7 Å². The van der Waals surface area contributed by atoms with Crippen molar-refractivity contribution < 1.29 is 24.2 Å². The van der Waals surface area contributed by atoms with Gasteiger partial charge in [0.2, 0.25) is 5.91 Å². The van der Waals surface area contributed by atoms with Crippen molar-refractivity contribution in [2.24, 2.45) is 0 Å². The predicted octanol–water partition coefficient (Wildman–Crippen LogP) is 4.96. The number of carboxylic acids is 1. The van der Waals surface area contributed by atoms with Gasteiger partial charge in [0, 0.05) is 23.6 Å². The normalized spacial score (nSPS) is 12.4. The molecule has 0 fully saturated rings. The summed E-state index contributed by atoms with van der Waals surface area (Å²) in [6.45, 7) is 3.68. The van der Waals surface area contributed by atoms with E-state index in [1.54, 1.807) is 38.1 Å². The number of benzene rings is 3. The van der Waals surface area contributed by atoms with Crippen LogP contribution in [0.5, 0.6) is 0 Å². The summed E-state index contributed by atoms with van der Waals surface area (Å²) in [5.74, 6) is -1.29. The molecule has 180 valence electrons. The molecule has 3 aromatic carbocycles. The van der Waals surface area contributed by atoms with Crippen molar-refractivity contribution in [2.75, 3.05) is 11.9 Å². The Balaban J connectivity index is 1.33. The van der Waals surface area contributed by atoms with E-state index < -0.39 is 17.6 Å². The van der Waals surface area contributed by atoms with Gasteiger partial charge in [-0.3, -0.25) is 9.59 Å². The second-order valence-electron chi connectivity index (χ2n) is 9.33. The molecule has 0 spiro atoms. The molecule has 0 radical (unpaired) electrons. The van der Waals surface area contributed by atoms with Crippen molar-refractivity contribution in [1.29, 1.82) is 0 Å². The summed E-state index contributed by atoms with van der Waals surface area (Å²) in [6, 6.07) is 22.9. The van der Waals surface area contributed by atoms with Gasteiger partial charge in [0.1, 0.15) is 6.61 Å². The quantitative estimate of drug-likeness (QED) is 0.430. The molecule has 7 nitrogen and oxygen atoms in total. The summed E-state index contributed by atoms with van der Waals surface area (Å²) in [4.78, 5) is 36.1. The summed E-state index contributed by atoms with van der Waals surface area (Å²) in [7, 11) is 0. The van der Waals surface area contributed by atoms with Crippen LogP contribution in [0.1, 0.15) is 42.9 Å². The maximum atomic E-state index is 12.6. The standard InChI is InChI=1S/C28H28N2O5/c1-28(2,16-25(31)29-19-9-7-8-18(14-19)15-26(32)33)30-27(34)35-17-24-22-12-5-3-10-20(22)21-11-4-6-13-23(21)24/h3-14,24H,15-17H2,1-2H3,(H,29,31)(H,30,34)(H,32,33). The topological polar surface area (TPSA) is 105 Å². The molecule has 3 aromatic rings. The molecule has 0 saturated carbocycles. The molecule has 0 unspecified atom stereocenters. The van der Waals surface area contributed by atoms with Crippen LogP contribution < -0.4 is 10.6 Å². The number of carbonyl (C=O) groups is 3. The molecule has 0 aliphatic heterocycles. The highest BCUT2D eigenvalue weighted by Crippen LogP contribution is 2.44. The Morgan fingerprint density at radius 3 is 2.17 bits per heavy atom. The summed E-state index contributed by atoms with van der Waals surface area (Å²) in [6.07, 6.45) is -0.702. The summed E-state index contributed by atoms with van der Waals surface area (Å²) in [5.41, 5.74) is 4.81. The molecule has 3 N–H and O–H groups in total. The lowest BCUT2D eigenvalue weighted by molar-refractivity contribution is -0.136. The molecule has 2 amide bonds. The third-order valence-corrected chi connectivity index (χ3v) is 5.95. The number of alkyl carbamates (subject to hydrolysis) is 1. The Labute approximate surface area is 204 Å².